The first-order chi connectivity index (χ1) is 9.63. The molecule has 0 aromatic carbocycles. The van der Waals surface area contributed by atoms with Crippen molar-refractivity contribution in [2.75, 3.05) is 38.5 Å². The van der Waals surface area contributed by atoms with Gasteiger partial charge in [-0.2, -0.15) is 4.31 Å². The van der Waals surface area contributed by atoms with E-state index in [4.69, 9.17) is 0 Å². The van der Waals surface area contributed by atoms with Gasteiger partial charge in [0, 0.05) is 38.9 Å². The van der Waals surface area contributed by atoms with Crippen LogP contribution < -0.4 is 5.32 Å². The van der Waals surface area contributed by atoms with Crippen LogP contribution in [-0.2, 0) is 10.0 Å². The first-order valence-corrected chi connectivity index (χ1v) is 8.44. The largest absolute Gasteiger partial charge is 0.386 e. The van der Waals surface area contributed by atoms with Crippen LogP contribution in [0.15, 0.2) is 23.4 Å². The summed E-state index contributed by atoms with van der Waals surface area (Å²) < 4.78 is 27.1. The number of nitrogens with one attached hydrogen (secondary N) is 1. The number of pyridine rings is 1. The van der Waals surface area contributed by atoms with Gasteiger partial charge in [-0.25, -0.2) is 13.4 Å². The second-order valence-electron chi connectivity index (χ2n) is 5.30. The molecule has 1 aromatic heterocycles. The molecule has 2 aliphatic rings. The summed E-state index contributed by atoms with van der Waals surface area (Å²) in [6.07, 6.45) is 3.79. The Kier molecular flexibility index (Phi) is 3.66. The number of anilines is 1. The van der Waals surface area contributed by atoms with Crippen LogP contribution in [0.3, 0.4) is 0 Å². The van der Waals surface area contributed by atoms with Crippen molar-refractivity contribution < 1.29 is 8.42 Å². The highest BCUT2D eigenvalue weighted by Crippen LogP contribution is 2.27. The van der Waals surface area contributed by atoms with Gasteiger partial charge in [0.1, 0.15) is 0 Å². The second kappa shape index (κ2) is 5.31. The minimum Gasteiger partial charge on any atom is -0.386 e. The van der Waals surface area contributed by atoms with Gasteiger partial charge in [-0.1, -0.05) is 0 Å². The van der Waals surface area contributed by atoms with Crippen LogP contribution in [0.1, 0.15) is 12.8 Å². The van der Waals surface area contributed by atoms with Gasteiger partial charge in [0.2, 0.25) is 0 Å². The van der Waals surface area contributed by atoms with Gasteiger partial charge in [0.25, 0.3) is 10.0 Å². The van der Waals surface area contributed by atoms with Crippen LogP contribution in [0.25, 0.3) is 0 Å². The lowest BCUT2D eigenvalue weighted by atomic mass is 10.2. The molecule has 0 spiro atoms. The molecule has 0 aliphatic carbocycles. The molecule has 2 aliphatic heterocycles. The molecule has 0 amide bonds. The van der Waals surface area contributed by atoms with Crippen LogP contribution in [0, 0.1) is 0 Å². The Bertz CT molecular complexity index is 590. The predicted octanol–water partition coefficient (Wildman–Crippen LogP) is 0.592. The van der Waals surface area contributed by atoms with E-state index in [0.717, 1.165) is 19.5 Å². The minimum absolute atomic E-state index is 0.133. The van der Waals surface area contributed by atoms with Crippen molar-refractivity contribution >= 4 is 15.7 Å². The molecule has 1 N–H and O–H groups in total. The highest BCUT2D eigenvalue weighted by atomic mass is 32.2. The summed E-state index contributed by atoms with van der Waals surface area (Å²) in [6.45, 7) is 3.07. The first kappa shape index (κ1) is 13.8. The molecule has 2 saturated heterocycles. The Balaban J connectivity index is 1.88. The molecule has 1 unspecified atom stereocenters. The molecule has 6 nitrogen and oxygen atoms in total. The normalized spacial score (nSPS) is 24.6. The third kappa shape index (κ3) is 2.30. The zero-order valence-electron chi connectivity index (χ0n) is 11.6. The van der Waals surface area contributed by atoms with Crippen LogP contribution >= 0.6 is 0 Å². The quantitative estimate of drug-likeness (QED) is 0.884. The average Bonchev–Trinajstić information content (AvgIpc) is 2.94. The standard InChI is InChI=1S/C13H20N4O2S/c1-14-12-5-2-6-15-13(12)20(18,19)17-9-8-16-7-3-4-11(16)10-17/h2,5-6,11,14H,3-4,7-10H2,1H3. The topological polar surface area (TPSA) is 65.5 Å². The predicted molar refractivity (Wildman–Crippen MR) is 77.1 cm³/mol. The van der Waals surface area contributed by atoms with E-state index < -0.39 is 10.0 Å². The van der Waals surface area contributed by atoms with Crippen molar-refractivity contribution in [3.63, 3.8) is 0 Å². The zero-order chi connectivity index (χ0) is 14.2. The summed E-state index contributed by atoms with van der Waals surface area (Å²) in [5.41, 5.74) is 0.557. The molecule has 2 fully saturated rings. The second-order valence-corrected chi connectivity index (χ2v) is 7.15. The Morgan fingerprint density at radius 3 is 3.00 bits per heavy atom. The van der Waals surface area contributed by atoms with E-state index in [1.807, 2.05) is 0 Å². The fraction of sp³-hybridized carbons (Fsp3) is 0.615. The monoisotopic (exact) mass is 296 g/mol. The van der Waals surface area contributed by atoms with Crippen molar-refractivity contribution in [1.82, 2.24) is 14.2 Å². The number of fused-ring (bicyclic) bond motifs is 1. The highest BCUT2D eigenvalue weighted by Gasteiger charge is 2.37. The lowest BCUT2D eigenvalue weighted by molar-refractivity contribution is 0.158. The maximum absolute atomic E-state index is 12.8. The number of aromatic nitrogens is 1. The van der Waals surface area contributed by atoms with Gasteiger partial charge in [0.15, 0.2) is 5.03 Å². The smallest absolute Gasteiger partial charge is 0.262 e. The van der Waals surface area contributed by atoms with Gasteiger partial charge in [-0.15, -0.1) is 0 Å². The van der Waals surface area contributed by atoms with Crippen molar-refractivity contribution in [2.24, 2.45) is 0 Å². The van der Waals surface area contributed by atoms with Crippen LogP contribution in [0.5, 0.6) is 0 Å². The summed E-state index contributed by atoms with van der Waals surface area (Å²) in [5, 5.41) is 3.04. The molecule has 0 saturated carbocycles. The molecule has 3 rings (SSSR count). The summed E-state index contributed by atoms with van der Waals surface area (Å²) in [6, 6.07) is 3.85. The minimum atomic E-state index is -3.51. The Hall–Kier alpha value is -1.18. The van der Waals surface area contributed by atoms with Gasteiger partial charge in [0.05, 0.1) is 5.69 Å². The fourth-order valence-electron chi connectivity index (χ4n) is 3.09. The SMILES string of the molecule is CNc1cccnc1S(=O)(=O)N1CCN2CCCC2C1. The summed E-state index contributed by atoms with van der Waals surface area (Å²) in [4.78, 5) is 6.47. The third-order valence-corrected chi connectivity index (χ3v) is 6.00. The molecule has 3 heterocycles. The number of hydrogen-bond acceptors (Lipinski definition) is 5. The Morgan fingerprint density at radius 1 is 1.35 bits per heavy atom. The molecular weight excluding hydrogens is 276 g/mol. The fourth-order valence-corrected chi connectivity index (χ4v) is 4.67. The number of sulfonamides is 1. The maximum atomic E-state index is 12.8. The lowest BCUT2D eigenvalue weighted by Gasteiger charge is -2.36. The summed E-state index contributed by atoms with van der Waals surface area (Å²) in [7, 11) is -1.80. The first-order valence-electron chi connectivity index (χ1n) is 7.00. The van der Waals surface area contributed by atoms with Gasteiger partial charge < -0.3 is 5.32 Å². The van der Waals surface area contributed by atoms with Crippen molar-refractivity contribution in [2.45, 2.75) is 23.9 Å². The molecule has 1 aromatic rings. The maximum Gasteiger partial charge on any atom is 0.262 e. The van der Waals surface area contributed by atoms with E-state index in [-0.39, 0.29) is 5.03 Å². The number of hydrogen-bond donors (Lipinski definition) is 1. The molecular formula is C13H20N4O2S. The van der Waals surface area contributed by atoms with Crippen molar-refractivity contribution in [1.29, 1.82) is 0 Å². The third-order valence-electron chi connectivity index (χ3n) is 4.17. The summed E-state index contributed by atoms with van der Waals surface area (Å²) in [5.74, 6) is 0. The zero-order valence-corrected chi connectivity index (χ0v) is 12.4. The molecule has 20 heavy (non-hydrogen) atoms. The van der Waals surface area contributed by atoms with Crippen molar-refractivity contribution in [3.05, 3.63) is 18.3 Å². The molecule has 0 bridgehead atoms. The van der Waals surface area contributed by atoms with Crippen LogP contribution in [-0.4, -0.2) is 61.9 Å². The lowest BCUT2D eigenvalue weighted by Crippen LogP contribution is -2.52. The highest BCUT2D eigenvalue weighted by molar-refractivity contribution is 7.89. The van der Waals surface area contributed by atoms with Crippen LogP contribution in [0.2, 0.25) is 0 Å². The van der Waals surface area contributed by atoms with E-state index in [0.29, 0.717) is 24.8 Å². The van der Waals surface area contributed by atoms with E-state index in [9.17, 15) is 8.42 Å². The van der Waals surface area contributed by atoms with Gasteiger partial charge in [-0.05, 0) is 31.5 Å². The van der Waals surface area contributed by atoms with E-state index in [1.54, 1.807) is 23.5 Å². The van der Waals surface area contributed by atoms with E-state index in [1.165, 1.54) is 12.6 Å². The Morgan fingerprint density at radius 2 is 2.20 bits per heavy atom. The van der Waals surface area contributed by atoms with Crippen LogP contribution in [0.4, 0.5) is 5.69 Å². The summed E-state index contributed by atoms with van der Waals surface area (Å²) >= 11 is 0. The number of piperazine rings is 1. The number of nitrogens with zero attached hydrogens (tertiary/aromatic N) is 3. The van der Waals surface area contributed by atoms with Gasteiger partial charge >= 0.3 is 0 Å². The van der Waals surface area contributed by atoms with Gasteiger partial charge in [-0.3, -0.25) is 4.90 Å². The Labute approximate surface area is 119 Å². The molecule has 0 radical (unpaired) electrons. The average molecular weight is 296 g/mol. The van der Waals surface area contributed by atoms with Crippen molar-refractivity contribution in [3.8, 4) is 0 Å². The molecule has 1 atom stereocenters. The van der Waals surface area contributed by atoms with E-state index >= 15 is 0 Å². The van der Waals surface area contributed by atoms with E-state index in [2.05, 4.69) is 15.2 Å². The number of rotatable bonds is 3. The molecule has 7 heteroatoms. The molecule has 110 valence electrons.